The molecule has 2 aliphatic heterocycles. The average Bonchev–Trinajstić information content (AvgIpc) is 3.25. The highest BCUT2D eigenvalue weighted by Gasteiger charge is 2.56. The third-order valence-electron chi connectivity index (χ3n) is 7.82. The molecule has 0 spiro atoms. The van der Waals surface area contributed by atoms with E-state index in [9.17, 15) is 36.3 Å². The standard InChI is InChI=1S/C31H28F5N5O4/c32-20-9-8-19(25(33)13-20)15-45-16-24(22-6-1-2-7-23(22)27(37)42)28(43)40-12-10-26-30(17-40,14-21-5-3-4-11-38-21)29(44)41(39-26)18-31(34,35)36/h1-9,11,13,24H,10,12,14-18H2,(H2,37,42). The van der Waals surface area contributed by atoms with E-state index in [-0.39, 0.29) is 61.5 Å². The highest BCUT2D eigenvalue weighted by atomic mass is 19.4. The van der Waals surface area contributed by atoms with Gasteiger partial charge in [-0.3, -0.25) is 19.4 Å². The van der Waals surface area contributed by atoms with E-state index in [2.05, 4.69) is 10.1 Å². The van der Waals surface area contributed by atoms with Crippen LogP contribution >= 0.6 is 0 Å². The lowest BCUT2D eigenvalue weighted by atomic mass is 9.74. The van der Waals surface area contributed by atoms with Crippen LogP contribution in [0.3, 0.4) is 0 Å². The van der Waals surface area contributed by atoms with E-state index in [4.69, 9.17) is 10.5 Å². The van der Waals surface area contributed by atoms with Gasteiger partial charge in [0.2, 0.25) is 11.8 Å². The molecule has 2 aliphatic rings. The van der Waals surface area contributed by atoms with E-state index in [1.165, 1.54) is 29.3 Å². The van der Waals surface area contributed by atoms with E-state index in [0.29, 0.717) is 16.8 Å². The second-order valence-corrected chi connectivity index (χ2v) is 10.9. The number of primary amides is 1. The van der Waals surface area contributed by atoms with Crippen LogP contribution in [-0.4, -0.2) is 70.7 Å². The molecule has 0 saturated carbocycles. The zero-order valence-corrected chi connectivity index (χ0v) is 23.8. The number of carbonyl (C=O) groups excluding carboxylic acids is 3. The van der Waals surface area contributed by atoms with Gasteiger partial charge in [0, 0.05) is 55.0 Å². The molecule has 3 aromatic rings. The first-order valence-electron chi connectivity index (χ1n) is 13.9. The average molecular weight is 630 g/mol. The molecule has 0 radical (unpaired) electrons. The Morgan fingerprint density at radius 3 is 2.51 bits per heavy atom. The molecule has 1 saturated heterocycles. The summed E-state index contributed by atoms with van der Waals surface area (Å²) in [6.45, 7) is -2.58. The molecule has 3 heterocycles. The number of hydrogen-bond acceptors (Lipinski definition) is 6. The van der Waals surface area contributed by atoms with Crippen LogP contribution in [0.1, 0.15) is 39.5 Å². The van der Waals surface area contributed by atoms with Crippen molar-refractivity contribution in [1.82, 2.24) is 14.9 Å². The van der Waals surface area contributed by atoms with E-state index in [1.807, 2.05) is 0 Å². The van der Waals surface area contributed by atoms with Crippen LogP contribution in [0, 0.1) is 17.0 Å². The van der Waals surface area contributed by atoms with Crippen molar-refractivity contribution in [3.05, 3.63) is 101 Å². The summed E-state index contributed by atoms with van der Waals surface area (Å²) in [5.41, 5.74) is 4.88. The van der Waals surface area contributed by atoms with Crippen molar-refractivity contribution in [3.63, 3.8) is 0 Å². The van der Waals surface area contributed by atoms with E-state index >= 15 is 0 Å². The van der Waals surface area contributed by atoms with E-state index < -0.39 is 53.4 Å². The summed E-state index contributed by atoms with van der Waals surface area (Å²) < 4.78 is 73.4. The molecule has 1 aromatic heterocycles. The number of hydrogen-bond donors (Lipinski definition) is 1. The molecule has 236 valence electrons. The molecule has 0 aliphatic carbocycles. The Morgan fingerprint density at radius 1 is 1.07 bits per heavy atom. The maximum absolute atomic E-state index is 14.3. The van der Waals surface area contributed by atoms with Crippen molar-refractivity contribution in [1.29, 1.82) is 0 Å². The fraction of sp³-hybridized carbons (Fsp3) is 0.323. The van der Waals surface area contributed by atoms with Crippen LogP contribution < -0.4 is 5.73 Å². The number of carbonyl (C=O) groups is 3. The van der Waals surface area contributed by atoms with Gasteiger partial charge < -0.3 is 15.4 Å². The topological polar surface area (TPSA) is 118 Å². The number of likely N-dealkylation sites (tertiary alicyclic amines) is 1. The van der Waals surface area contributed by atoms with E-state index in [1.54, 1.807) is 30.3 Å². The van der Waals surface area contributed by atoms with Gasteiger partial charge in [0.25, 0.3) is 5.91 Å². The number of nitrogens with zero attached hydrogens (tertiary/aromatic N) is 4. The van der Waals surface area contributed by atoms with Crippen molar-refractivity contribution < 1.29 is 41.1 Å². The minimum Gasteiger partial charge on any atom is -0.375 e. The van der Waals surface area contributed by atoms with Crippen LogP contribution in [0.25, 0.3) is 0 Å². The second kappa shape index (κ2) is 12.7. The van der Waals surface area contributed by atoms with Gasteiger partial charge in [0.15, 0.2) is 0 Å². The van der Waals surface area contributed by atoms with Gasteiger partial charge in [-0.05, 0) is 29.8 Å². The highest BCUT2D eigenvalue weighted by molar-refractivity contribution is 6.14. The van der Waals surface area contributed by atoms with Gasteiger partial charge in [0.1, 0.15) is 23.6 Å². The Morgan fingerprint density at radius 2 is 1.82 bits per heavy atom. The molecule has 45 heavy (non-hydrogen) atoms. The molecule has 2 atom stereocenters. The minimum absolute atomic E-state index is 0.00447. The second-order valence-electron chi connectivity index (χ2n) is 10.9. The first-order valence-corrected chi connectivity index (χ1v) is 13.9. The van der Waals surface area contributed by atoms with Crippen LogP contribution in [0.15, 0.2) is 72.0 Å². The molecule has 2 aromatic carbocycles. The Bertz CT molecular complexity index is 1630. The first kappa shape index (κ1) is 31.7. The SMILES string of the molecule is NC(=O)c1ccccc1C(COCc1ccc(F)cc1F)C(=O)N1CCC2=NN(CC(F)(F)F)C(=O)C2(Cc2ccccn2)C1. The lowest BCUT2D eigenvalue weighted by Gasteiger charge is -2.40. The first-order chi connectivity index (χ1) is 21.4. The van der Waals surface area contributed by atoms with Gasteiger partial charge in [-0.1, -0.05) is 30.3 Å². The number of hydrazone groups is 1. The fourth-order valence-electron chi connectivity index (χ4n) is 5.73. The number of fused-ring (bicyclic) bond motifs is 1. The Hall–Kier alpha value is -4.72. The smallest absolute Gasteiger partial charge is 0.375 e. The maximum atomic E-state index is 14.3. The van der Waals surface area contributed by atoms with Crippen LogP contribution in [0.5, 0.6) is 0 Å². The lowest BCUT2D eigenvalue weighted by Crippen LogP contribution is -2.57. The predicted molar refractivity (Wildman–Crippen MR) is 150 cm³/mol. The predicted octanol–water partition coefficient (Wildman–Crippen LogP) is 3.98. The van der Waals surface area contributed by atoms with Gasteiger partial charge in [-0.25, -0.2) is 13.8 Å². The van der Waals surface area contributed by atoms with Crippen molar-refractivity contribution in [2.75, 3.05) is 26.2 Å². The normalized spacial score (nSPS) is 18.9. The largest absolute Gasteiger partial charge is 0.408 e. The molecule has 0 bridgehead atoms. The Kier molecular flexibility index (Phi) is 8.96. The summed E-state index contributed by atoms with van der Waals surface area (Å²) >= 11 is 0. The number of rotatable bonds is 10. The fourth-order valence-corrected chi connectivity index (χ4v) is 5.73. The van der Waals surface area contributed by atoms with Crippen molar-refractivity contribution >= 4 is 23.4 Å². The third-order valence-corrected chi connectivity index (χ3v) is 7.82. The van der Waals surface area contributed by atoms with Crippen LogP contribution in [0.4, 0.5) is 22.0 Å². The molecule has 9 nitrogen and oxygen atoms in total. The summed E-state index contributed by atoms with van der Waals surface area (Å²) in [5.74, 6) is -5.12. The summed E-state index contributed by atoms with van der Waals surface area (Å²) in [6, 6.07) is 14.0. The molecule has 2 N–H and O–H groups in total. The number of pyridine rings is 1. The Balaban J connectivity index is 1.46. The lowest BCUT2D eigenvalue weighted by molar-refractivity contribution is -0.164. The molecular weight excluding hydrogens is 601 g/mol. The maximum Gasteiger partial charge on any atom is 0.408 e. The number of amides is 3. The number of halogens is 5. The molecular formula is C31H28F5N5O4. The van der Waals surface area contributed by atoms with Gasteiger partial charge in [0.05, 0.1) is 24.8 Å². The summed E-state index contributed by atoms with van der Waals surface area (Å²) in [6.07, 6.45) is -3.32. The molecule has 1 fully saturated rings. The van der Waals surface area contributed by atoms with Crippen LogP contribution in [-0.2, 0) is 27.4 Å². The summed E-state index contributed by atoms with van der Waals surface area (Å²) in [7, 11) is 0. The number of alkyl halides is 3. The monoisotopic (exact) mass is 629 g/mol. The summed E-state index contributed by atoms with van der Waals surface area (Å²) in [4.78, 5) is 45.8. The number of ether oxygens (including phenoxy) is 1. The van der Waals surface area contributed by atoms with Crippen molar-refractivity contribution in [2.45, 2.75) is 31.5 Å². The Labute approximate surface area is 254 Å². The number of benzene rings is 2. The van der Waals surface area contributed by atoms with Gasteiger partial charge >= 0.3 is 6.18 Å². The molecule has 3 amide bonds. The van der Waals surface area contributed by atoms with Gasteiger partial charge in [-0.15, -0.1) is 0 Å². The number of aromatic nitrogens is 1. The quantitative estimate of drug-likeness (QED) is 0.341. The summed E-state index contributed by atoms with van der Waals surface area (Å²) in [5, 5.41) is 4.44. The third kappa shape index (κ3) is 6.85. The number of piperidine rings is 1. The van der Waals surface area contributed by atoms with Crippen molar-refractivity contribution in [3.8, 4) is 0 Å². The van der Waals surface area contributed by atoms with E-state index in [0.717, 1.165) is 6.07 Å². The van der Waals surface area contributed by atoms with Gasteiger partial charge in [-0.2, -0.15) is 18.3 Å². The molecule has 14 heteroatoms. The van der Waals surface area contributed by atoms with Crippen molar-refractivity contribution in [2.24, 2.45) is 16.3 Å². The minimum atomic E-state index is -4.71. The number of nitrogens with two attached hydrogens (primary N) is 1. The highest BCUT2D eigenvalue weighted by Crippen LogP contribution is 2.40. The van der Waals surface area contributed by atoms with Crippen LogP contribution in [0.2, 0.25) is 0 Å². The molecule has 2 unspecified atom stereocenters. The zero-order chi connectivity index (χ0) is 32.4. The zero-order valence-electron chi connectivity index (χ0n) is 23.8. The molecule has 5 rings (SSSR count).